The van der Waals surface area contributed by atoms with Crippen LogP contribution in [0.3, 0.4) is 0 Å². The van der Waals surface area contributed by atoms with Gasteiger partial charge in [0.2, 0.25) is 0 Å². The van der Waals surface area contributed by atoms with Crippen LogP contribution in [0.4, 0.5) is 10.7 Å². The van der Waals surface area contributed by atoms with Crippen LogP contribution in [0, 0.1) is 0 Å². The molecule has 0 bridgehead atoms. The molecule has 3 heterocycles. The first-order valence-electron chi connectivity index (χ1n) is 10.5. The van der Waals surface area contributed by atoms with Crippen LogP contribution < -0.4 is 16.8 Å². The molecule has 0 saturated heterocycles. The van der Waals surface area contributed by atoms with E-state index in [1.807, 2.05) is 0 Å². The minimum Gasteiger partial charge on any atom is -0.397 e. The first-order chi connectivity index (χ1) is 14.5. The number of nitrogens with zero attached hydrogens (tertiary/aromatic N) is 1. The summed E-state index contributed by atoms with van der Waals surface area (Å²) in [5, 5.41) is 4.34. The van der Waals surface area contributed by atoms with E-state index in [4.69, 9.17) is 16.5 Å². The number of hydrogen-bond acceptors (Lipinski definition) is 6. The summed E-state index contributed by atoms with van der Waals surface area (Å²) in [6.45, 7) is 0. The molecule has 2 aliphatic rings. The maximum atomic E-state index is 13.1. The molecule has 2 amide bonds. The van der Waals surface area contributed by atoms with Crippen LogP contribution in [0.5, 0.6) is 0 Å². The van der Waals surface area contributed by atoms with E-state index in [1.54, 1.807) is 0 Å². The van der Waals surface area contributed by atoms with Crippen LogP contribution in [-0.2, 0) is 25.7 Å². The number of nitrogens with two attached hydrogens (primary N) is 2. The molecule has 5 rings (SSSR count). The fraction of sp³-hybridized carbons (Fsp3) is 0.409. The van der Waals surface area contributed by atoms with E-state index in [0.717, 1.165) is 72.8 Å². The lowest BCUT2D eigenvalue weighted by molar-refractivity contribution is 0.100. The van der Waals surface area contributed by atoms with Crippen molar-refractivity contribution < 1.29 is 9.59 Å². The van der Waals surface area contributed by atoms with Crippen LogP contribution >= 0.6 is 22.7 Å². The van der Waals surface area contributed by atoms with E-state index in [0.29, 0.717) is 21.1 Å². The third-order valence-electron chi connectivity index (χ3n) is 6.10. The van der Waals surface area contributed by atoms with Gasteiger partial charge in [-0.3, -0.25) is 9.59 Å². The summed E-state index contributed by atoms with van der Waals surface area (Å²) in [5.74, 6) is -0.779. The van der Waals surface area contributed by atoms with Crippen molar-refractivity contribution in [1.29, 1.82) is 0 Å². The Morgan fingerprint density at radius 1 is 1.00 bits per heavy atom. The minimum atomic E-state index is -0.481. The number of hydrogen-bond donors (Lipinski definition) is 3. The predicted octanol–water partition coefficient (Wildman–Crippen LogP) is 4.44. The smallest absolute Gasteiger partial charge is 0.268 e. The number of rotatable bonds is 3. The van der Waals surface area contributed by atoms with Crippen LogP contribution in [0.15, 0.2) is 6.07 Å². The highest BCUT2D eigenvalue weighted by atomic mass is 32.1. The number of fused-ring (bicyclic) bond motifs is 3. The second kappa shape index (κ2) is 7.67. The molecule has 3 aromatic heterocycles. The molecule has 30 heavy (non-hydrogen) atoms. The van der Waals surface area contributed by atoms with Crippen molar-refractivity contribution in [3.63, 3.8) is 0 Å². The summed E-state index contributed by atoms with van der Waals surface area (Å²) in [5.41, 5.74) is 16.4. The predicted molar refractivity (Wildman–Crippen MR) is 123 cm³/mol. The maximum absolute atomic E-state index is 13.1. The third kappa shape index (κ3) is 3.28. The largest absolute Gasteiger partial charge is 0.397 e. The van der Waals surface area contributed by atoms with Gasteiger partial charge in [0, 0.05) is 16.0 Å². The Labute approximate surface area is 182 Å². The monoisotopic (exact) mass is 440 g/mol. The number of amides is 2. The number of pyridine rings is 1. The summed E-state index contributed by atoms with van der Waals surface area (Å²) >= 11 is 2.80. The van der Waals surface area contributed by atoms with Crippen LogP contribution in [-0.4, -0.2) is 16.8 Å². The van der Waals surface area contributed by atoms with Crippen molar-refractivity contribution in [3.05, 3.63) is 38.2 Å². The standard InChI is InChI=1S/C22H24N4O2S2/c23-17-13-10-11-6-5-8-14(11)25-21(13)30-18(17)20(28)26-22-16(19(24)27)12-7-3-1-2-4-9-15(12)29-22/h10H,1-9,23H2,(H2,24,27)(H,26,28). The molecule has 0 spiro atoms. The molecular weight excluding hydrogens is 416 g/mol. The lowest BCUT2D eigenvalue weighted by Gasteiger charge is -2.10. The molecule has 0 fully saturated rings. The highest BCUT2D eigenvalue weighted by Crippen LogP contribution is 2.39. The van der Waals surface area contributed by atoms with Crippen molar-refractivity contribution in [2.75, 3.05) is 11.1 Å². The Kier molecular flexibility index (Phi) is 4.99. The lowest BCUT2D eigenvalue weighted by atomic mass is 9.96. The first-order valence-corrected chi connectivity index (χ1v) is 12.1. The number of carbonyl (C=O) groups is 2. The Bertz CT molecular complexity index is 1180. The van der Waals surface area contributed by atoms with Gasteiger partial charge < -0.3 is 16.8 Å². The summed E-state index contributed by atoms with van der Waals surface area (Å²) in [6.07, 6.45) is 9.36. The number of nitrogen functional groups attached to an aromatic ring is 1. The van der Waals surface area contributed by atoms with Gasteiger partial charge >= 0.3 is 0 Å². The van der Waals surface area contributed by atoms with E-state index in [-0.39, 0.29) is 5.91 Å². The van der Waals surface area contributed by atoms with Gasteiger partial charge in [-0.15, -0.1) is 22.7 Å². The molecule has 2 aliphatic carbocycles. The van der Waals surface area contributed by atoms with Gasteiger partial charge in [-0.1, -0.05) is 12.8 Å². The summed E-state index contributed by atoms with van der Waals surface area (Å²) < 4.78 is 0. The molecule has 0 aromatic carbocycles. The van der Waals surface area contributed by atoms with Crippen molar-refractivity contribution in [2.45, 2.75) is 57.8 Å². The summed E-state index contributed by atoms with van der Waals surface area (Å²) in [4.78, 5) is 32.5. The second-order valence-corrected chi connectivity index (χ2v) is 10.2. The van der Waals surface area contributed by atoms with Crippen LogP contribution in [0.25, 0.3) is 10.2 Å². The normalized spacial score (nSPS) is 16.0. The fourth-order valence-electron chi connectivity index (χ4n) is 4.59. The quantitative estimate of drug-likeness (QED) is 0.559. The zero-order valence-electron chi connectivity index (χ0n) is 16.7. The Hall–Kier alpha value is -2.45. The Morgan fingerprint density at radius 2 is 1.80 bits per heavy atom. The van der Waals surface area contributed by atoms with Crippen molar-refractivity contribution >= 4 is 55.4 Å². The average Bonchev–Trinajstić information content (AvgIpc) is 3.36. The highest BCUT2D eigenvalue weighted by Gasteiger charge is 2.26. The summed E-state index contributed by atoms with van der Waals surface area (Å²) in [7, 11) is 0. The van der Waals surface area contributed by atoms with Gasteiger partial charge in [0.25, 0.3) is 11.8 Å². The van der Waals surface area contributed by atoms with E-state index in [9.17, 15) is 9.59 Å². The number of primary amides is 1. The highest BCUT2D eigenvalue weighted by molar-refractivity contribution is 7.21. The minimum absolute atomic E-state index is 0.299. The van der Waals surface area contributed by atoms with Gasteiger partial charge in [0.15, 0.2) is 0 Å². The fourth-order valence-corrected chi connectivity index (χ4v) is 6.88. The number of aryl methyl sites for hydroxylation is 3. The van der Waals surface area contributed by atoms with Gasteiger partial charge in [-0.25, -0.2) is 4.98 Å². The molecule has 0 aliphatic heterocycles. The number of nitrogens with one attached hydrogen (secondary N) is 1. The number of aromatic nitrogens is 1. The van der Waals surface area contributed by atoms with Crippen molar-refractivity contribution in [2.24, 2.45) is 5.73 Å². The number of carbonyl (C=O) groups excluding carboxylic acids is 2. The molecule has 156 valence electrons. The van der Waals surface area contributed by atoms with Gasteiger partial charge in [-0.2, -0.15) is 0 Å². The zero-order valence-corrected chi connectivity index (χ0v) is 18.3. The third-order valence-corrected chi connectivity index (χ3v) is 8.42. The lowest BCUT2D eigenvalue weighted by Crippen LogP contribution is -2.18. The molecule has 8 heteroatoms. The average molecular weight is 441 g/mol. The van der Waals surface area contributed by atoms with E-state index >= 15 is 0 Å². The maximum Gasteiger partial charge on any atom is 0.268 e. The Balaban J connectivity index is 1.50. The molecule has 0 atom stereocenters. The number of thiophene rings is 2. The van der Waals surface area contributed by atoms with Crippen LogP contribution in [0.1, 0.15) is 73.8 Å². The molecule has 0 radical (unpaired) electrons. The summed E-state index contributed by atoms with van der Waals surface area (Å²) in [6, 6.07) is 2.08. The van der Waals surface area contributed by atoms with E-state index in [2.05, 4.69) is 11.4 Å². The Morgan fingerprint density at radius 3 is 2.60 bits per heavy atom. The molecule has 6 nitrogen and oxygen atoms in total. The van der Waals surface area contributed by atoms with Gasteiger partial charge in [0.05, 0.1) is 11.3 Å². The number of anilines is 2. The molecule has 3 aromatic rings. The molecule has 5 N–H and O–H groups in total. The van der Waals surface area contributed by atoms with Gasteiger partial charge in [-0.05, 0) is 62.1 Å². The first kappa shape index (κ1) is 19.5. The molecule has 0 saturated carbocycles. The van der Waals surface area contributed by atoms with Crippen molar-refractivity contribution in [3.8, 4) is 0 Å². The second-order valence-electron chi connectivity index (χ2n) is 8.09. The van der Waals surface area contributed by atoms with Crippen LogP contribution in [0.2, 0.25) is 0 Å². The van der Waals surface area contributed by atoms with E-state index in [1.165, 1.54) is 39.5 Å². The topological polar surface area (TPSA) is 111 Å². The van der Waals surface area contributed by atoms with Gasteiger partial charge in [0.1, 0.15) is 14.7 Å². The van der Waals surface area contributed by atoms with Crippen molar-refractivity contribution in [1.82, 2.24) is 4.98 Å². The SMILES string of the molecule is NC(=O)c1c(NC(=O)c2sc3nc4c(cc3c2N)CCC4)sc2c1CCCCCC2. The molecular formula is C22H24N4O2S2. The molecule has 0 unspecified atom stereocenters. The van der Waals surface area contributed by atoms with E-state index < -0.39 is 5.91 Å². The zero-order chi connectivity index (χ0) is 20.8.